The zero-order valence-corrected chi connectivity index (χ0v) is 18.0. The molecular weight excluding hydrogens is 422 g/mol. The van der Waals surface area contributed by atoms with Gasteiger partial charge in [0.2, 0.25) is 0 Å². The van der Waals surface area contributed by atoms with Gasteiger partial charge in [-0.25, -0.2) is 0 Å². The molecule has 2 heterocycles. The highest BCUT2D eigenvalue weighted by molar-refractivity contribution is 7.99. The number of pyridine rings is 1. The average Bonchev–Trinajstić information content (AvgIpc) is 3.25. The number of hydrogen-bond acceptors (Lipinski definition) is 7. The number of benzene rings is 2. The molecule has 4 rings (SSSR count). The number of nitriles is 1. The fourth-order valence-corrected chi connectivity index (χ4v) is 3.89. The molecule has 0 aliphatic carbocycles. The second-order valence-corrected chi connectivity index (χ2v) is 8.02. The molecule has 8 heteroatoms. The van der Waals surface area contributed by atoms with Crippen LogP contribution in [0, 0.1) is 11.3 Å². The first-order chi connectivity index (χ1) is 15.7. The predicted octanol–water partition coefficient (Wildman–Crippen LogP) is 3.79. The number of aliphatic hydroxyl groups is 1. The van der Waals surface area contributed by atoms with E-state index < -0.39 is 6.10 Å². The van der Waals surface area contributed by atoms with Crippen LogP contribution in [0.4, 0.5) is 0 Å². The highest BCUT2D eigenvalue weighted by Gasteiger charge is 2.17. The van der Waals surface area contributed by atoms with Crippen molar-refractivity contribution in [3.63, 3.8) is 0 Å². The van der Waals surface area contributed by atoms with Crippen LogP contribution < -0.4 is 4.74 Å². The van der Waals surface area contributed by atoms with Gasteiger partial charge in [0.05, 0.1) is 24.3 Å². The molecule has 0 aliphatic heterocycles. The fraction of sp³-hybridized carbons (Fsp3) is 0.167. The van der Waals surface area contributed by atoms with Crippen molar-refractivity contribution in [3.05, 3.63) is 90.3 Å². The van der Waals surface area contributed by atoms with E-state index in [0.717, 1.165) is 17.0 Å². The molecule has 0 saturated heterocycles. The van der Waals surface area contributed by atoms with E-state index in [1.807, 2.05) is 34.9 Å². The van der Waals surface area contributed by atoms with Crippen molar-refractivity contribution in [3.8, 4) is 23.2 Å². The minimum Gasteiger partial charge on any atom is -0.491 e. The first-order valence-corrected chi connectivity index (χ1v) is 11.0. The van der Waals surface area contributed by atoms with E-state index in [2.05, 4.69) is 33.4 Å². The minimum absolute atomic E-state index is 0.140. The molecule has 32 heavy (non-hydrogen) atoms. The van der Waals surface area contributed by atoms with Crippen LogP contribution in [0.3, 0.4) is 0 Å². The lowest BCUT2D eigenvalue weighted by atomic mass is 10.2. The Labute approximate surface area is 190 Å². The molecular formula is C24H21N5O2S. The third-order valence-electron chi connectivity index (χ3n) is 4.65. The van der Waals surface area contributed by atoms with E-state index in [9.17, 15) is 5.11 Å². The quantitative estimate of drug-likeness (QED) is 0.393. The number of ether oxygens (including phenoxy) is 1. The standard InChI is InChI=1S/C24H21N5O2S/c25-13-18-8-10-22(11-9-18)31-16-21(30)17-32-24-28-27-23(20-7-4-12-26-14-20)29(24)15-19-5-2-1-3-6-19/h1-12,14,21,30H,15-17H2. The maximum absolute atomic E-state index is 10.4. The Balaban J connectivity index is 1.44. The molecule has 2 aromatic heterocycles. The van der Waals surface area contributed by atoms with Crippen LogP contribution in [0.25, 0.3) is 11.4 Å². The van der Waals surface area contributed by atoms with Gasteiger partial charge in [0.25, 0.3) is 0 Å². The molecule has 0 saturated carbocycles. The van der Waals surface area contributed by atoms with Crippen LogP contribution in [-0.4, -0.2) is 43.3 Å². The van der Waals surface area contributed by atoms with Gasteiger partial charge in [0, 0.05) is 23.7 Å². The van der Waals surface area contributed by atoms with Crippen molar-refractivity contribution in [1.29, 1.82) is 5.26 Å². The van der Waals surface area contributed by atoms with E-state index in [1.165, 1.54) is 11.8 Å². The summed E-state index contributed by atoms with van der Waals surface area (Å²) in [4.78, 5) is 4.19. The van der Waals surface area contributed by atoms with Crippen molar-refractivity contribution in [2.45, 2.75) is 17.8 Å². The van der Waals surface area contributed by atoms with Crippen LogP contribution in [0.5, 0.6) is 5.75 Å². The van der Waals surface area contributed by atoms with Crippen LogP contribution in [-0.2, 0) is 6.54 Å². The molecule has 1 N–H and O–H groups in total. The number of thioether (sulfide) groups is 1. The lowest BCUT2D eigenvalue weighted by Crippen LogP contribution is -2.20. The van der Waals surface area contributed by atoms with E-state index in [1.54, 1.807) is 36.7 Å². The highest BCUT2D eigenvalue weighted by atomic mass is 32.2. The third-order valence-corrected chi connectivity index (χ3v) is 5.76. The van der Waals surface area contributed by atoms with Gasteiger partial charge in [0.15, 0.2) is 11.0 Å². The number of aliphatic hydroxyl groups excluding tert-OH is 1. The van der Waals surface area contributed by atoms with Crippen LogP contribution in [0.15, 0.2) is 84.3 Å². The van der Waals surface area contributed by atoms with Crippen LogP contribution in [0.2, 0.25) is 0 Å². The first kappa shape index (κ1) is 21.6. The van der Waals surface area contributed by atoms with Crippen molar-refractivity contribution in [2.24, 2.45) is 0 Å². The lowest BCUT2D eigenvalue weighted by molar-refractivity contribution is 0.126. The summed E-state index contributed by atoms with van der Waals surface area (Å²) in [5, 5.41) is 28.7. The van der Waals surface area contributed by atoms with E-state index >= 15 is 0 Å². The molecule has 0 bridgehead atoms. The van der Waals surface area contributed by atoms with Crippen LogP contribution in [0.1, 0.15) is 11.1 Å². The summed E-state index contributed by atoms with van der Waals surface area (Å²) in [5.74, 6) is 1.74. The Morgan fingerprint density at radius 1 is 1.03 bits per heavy atom. The van der Waals surface area contributed by atoms with E-state index in [0.29, 0.717) is 28.8 Å². The number of nitrogens with zero attached hydrogens (tertiary/aromatic N) is 5. The lowest BCUT2D eigenvalue weighted by Gasteiger charge is -2.13. The Bertz CT molecular complexity index is 1170. The van der Waals surface area contributed by atoms with E-state index in [-0.39, 0.29) is 6.61 Å². The summed E-state index contributed by atoms with van der Waals surface area (Å²) in [6.07, 6.45) is 2.79. The summed E-state index contributed by atoms with van der Waals surface area (Å²) in [5.41, 5.74) is 2.58. The third kappa shape index (κ3) is 5.52. The Morgan fingerprint density at radius 3 is 2.56 bits per heavy atom. The average molecular weight is 444 g/mol. The molecule has 160 valence electrons. The summed E-state index contributed by atoms with van der Waals surface area (Å²) in [7, 11) is 0. The summed E-state index contributed by atoms with van der Waals surface area (Å²) < 4.78 is 7.67. The Kier molecular flexibility index (Phi) is 7.12. The van der Waals surface area contributed by atoms with Crippen molar-refractivity contribution in [1.82, 2.24) is 19.7 Å². The van der Waals surface area contributed by atoms with Gasteiger partial charge >= 0.3 is 0 Å². The van der Waals surface area contributed by atoms with Crippen molar-refractivity contribution in [2.75, 3.05) is 12.4 Å². The second-order valence-electron chi connectivity index (χ2n) is 7.03. The van der Waals surface area contributed by atoms with Gasteiger partial charge < -0.3 is 9.84 Å². The molecule has 1 unspecified atom stereocenters. The van der Waals surface area contributed by atoms with Gasteiger partial charge in [-0.1, -0.05) is 42.1 Å². The molecule has 2 aromatic carbocycles. The fourth-order valence-electron chi connectivity index (χ4n) is 3.05. The molecule has 7 nitrogen and oxygen atoms in total. The van der Waals surface area contributed by atoms with Gasteiger partial charge in [-0.15, -0.1) is 10.2 Å². The largest absolute Gasteiger partial charge is 0.491 e. The molecule has 4 aromatic rings. The SMILES string of the molecule is N#Cc1ccc(OCC(O)CSc2nnc(-c3cccnc3)n2Cc2ccccc2)cc1. The molecule has 0 aliphatic rings. The van der Waals surface area contributed by atoms with Gasteiger partial charge in [-0.3, -0.25) is 9.55 Å². The number of hydrogen-bond donors (Lipinski definition) is 1. The first-order valence-electron chi connectivity index (χ1n) is 10.0. The van der Waals surface area contributed by atoms with Gasteiger partial charge in [-0.2, -0.15) is 5.26 Å². The molecule has 1 atom stereocenters. The Morgan fingerprint density at radius 2 is 1.84 bits per heavy atom. The molecule has 0 spiro atoms. The van der Waals surface area contributed by atoms with Crippen molar-refractivity contribution >= 4 is 11.8 Å². The maximum Gasteiger partial charge on any atom is 0.191 e. The summed E-state index contributed by atoms with van der Waals surface area (Å²) in [6, 6.07) is 22.8. The van der Waals surface area contributed by atoms with E-state index in [4.69, 9.17) is 10.00 Å². The summed E-state index contributed by atoms with van der Waals surface area (Å²) >= 11 is 1.43. The second kappa shape index (κ2) is 10.6. The molecule has 0 radical (unpaired) electrons. The minimum atomic E-state index is -0.695. The zero-order valence-electron chi connectivity index (χ0n) is 17.2. The topological polar surface area (TPSA) is 96.8 Å². The normalized spacial score (nSPS) is 11.6. The number of rotatable bonds is 9. The zero-order chi connectivity index (χ0) is 22.2. The Hall–Kier alpha value is -3.67. The molecule has 0 amide bonds. The monoisotopic (exact) mass is 443 g/mol. The van der Waals surface area contributed by atoms with Gasteiger partial charge in [0.1, 0.15) is 12.4 Å². The number of aromatic nitrogens is 4. The van der Waals surface area contributed by atoms with Gasteiger partial charge in [-0.05, 0) is 42.0 Å². The predicted molar refractivity (Wildman–Crippen MR) is 122 cm³/mol. The molecule has 0 fully saturated rings. The summed E-state index contributed by atoms with van der Waals surface area (Å²) in [6.45, 7) is 0.749. The maximum atomic E-state index is 10.4. The highest BCUT2D eigenvalue weighted by Crippen LogP contribution is 2.25. The van der Waals surface area contributed by atoms with Crippen molar-refractivity contribution < 1.29 is 9.84 Å². The smallest absolute Gasteiger partial charge is 0.191 e. The van der Waals surface area contributed by atoms with Crippen LogP contribution >= 0.6 is 11.8 Å².